The Morgan fingerprint density at radius 2 is 2.30 bits per heavy atom. The molecule has 7 heteroatoms. The van der Waals surface area contributed by atoms with Gasteiger partial charge in [0.1, 0.15) is 6.04 Å². The van der Waals surface area contributed by atoms with Crippen molar-refractivity contribution in [1.29, 1.82) is 0 Å². The second-order valence-electron chi connectivity index (χ2n) is 4.92. The van der Waals surface area contributed by atoms with Gasteiger partial charge < -0.3 is 10.0 Å². The molecule has 0 radical (unpaired) electrons. The number of fused-ring (bicyclic) bond motifs is 1. The Morgan fingerprint density at radius 3 is 3.10 bits per heavy atom. The average Bonchev–Trinajstić information content (AvgIpc) is 3.03. The Bertz CT molecular complexity index is 648. The van der Waals surface area contributed by atoms with Gasteiger partial charge in [-0.15, -0.1) is 11.3 Å². The van der Waals surface area contributed by atoms with E-state index in [0.29, 0.717) is 13.0 Å². The number of imidazole rings is 1. The summed E-state index contributed by atoms with van der Waals surface area (Å²) in [5, 5.41) is 11.1. The number of rotatable bonds is 3. The number of thiazole rings is 1. The minimum atomic E-state index is -0.906. The first-order valence-electron chi connectivity index (χ1n) is 6.58. The van der Waals surface area contributed by atoms with Crippen molar-refractivity contribution < 1.29 is 14.7 Å². The molecule has 1 amide bonds. The lowest BCUT2D eigenvalue weighted by molar-refractivity contribution is -0.151. The molecule has 1 fully saturated rings. The number of aliphatic carboxylic acids is 1. The maximum atomic E-state index is 12.4. The summed E-state index contributed by atoms with van der Waals surface area (Å²) in [5.74, 6) is -1.03. The van der Waals surface area contributed by atoms with Gasteiger partial charge in [-0.05, 0) is 19.3 Å². The standard InChI is InChI=1S/C13H15N3O3S/c17-11(16-5-2-1-3-10(16)12(18)19)7-9-8-20-13-14-4-6-15(9)13/h4,6,8,10H,1-3,5,7H2,(H,18,19)/t10-/m1/s1. The fourth-order valence-electron chi connectivity index (χ4n) is 2.64. The highest BCUT2D eigenvalue weighted by atomic mass is 32.1. The highest BCUT2D eigenvalue weighted by Gasteiger charge is 2.32. The topological polar surface area (TPSA) is 74.9 Å². The van der Waals surface area contributed by atoms with Crippen molar-refractivity contribution in [1.82, 2.24) is 14.3 Å². The van der Waals surface area contributed by atoms with Crippen molar-refractivity contribution in [2.24, 2.45) is 0 Å². The summed E-state index contributed by atoms with van der Waals surface area (Å²) in [4.78, 5) is 30.1. The van der Waals surface area contributed by atoms with Crippen molar-refractivity contribution in [2.75, 3.05) is 6.54 Å². The van der Waals surface area contributed by atoms with Crippen molar-refractivity contribution in [3.8, 4) is 0 Å². The van der Waals surface area contributed by atoms with E-state index < -0.39 is 12.0 Å². The van der Waals surface area contributed by atoms with Crippen molar-refractivity contribution in [2.45, 2.75) is 31.7 Å². The third-order valence-electron chi connectivity index (χ3n) is 3.66. The van der Waals surface area contributed by atoms with Crippen LogP contribution in [0.3, 0.4) is 0 Å². The van der Waals surface area contributed by atoms with E-state index in [-0.39, 0.29) is 12.3 Å². The molecular formula is C13H15N3O3S. The second kappa shape index (κ2) is 5.24. The first kappa shape index (κ1) is 13.1. The predicted molar refractivity (Wildman–Crippen MR) is 73.8 cm³/mol. The maximum absolute atomic E-state index is 12.4. The quantitative estimate of drug-likeness (QED) is 0.928. The number of carboxylic acids is 1. The number of amides is 1. The Kier molecular flexibility index (Phi) is 3.43. The number of carbonyl (C=O) groups excluding carboxylic acids is 1. The molecule has 0 unspecified atom stereocenters. The third kappa shape index (κ3) is 2.29. The number of nitrogens with zero attached hydrogens (tertiary/aromatic N) is 3. The van der Waals surface area contributed by atoms with Crippen LogP contribution in [0.4, 0.5) is 0 Å². The monoisotopic (exact) mass is 293 g/mol. The molecule has 106 valence electrons. The van der Waals surface area contributed by atoms with Crippen LogP contribution in [0.1, 0.15) is 25.0 Å². The summed E-state index contributed by atoms with van der Waals surface area (Å²) >= 11 is 1.48. The van der Waals surface area contributed by atoms with Gasteiger partial charge in [0, 0.05) is 30.0 Å². The van der Waals surface area contributed by atoms with Gasteiger partial charge in [-0.3, -0.25) is 9.20 Å². The zero-order chi connectivity index (χ0) is 14.1. The maximum Gasteiger partial charge on any atom is 0.326 e. The van der Waals surface area contributed by atoms with Crippen LogP contribution in [0.15, 0.2) is 17.8 Å². The lowest BCUT2D eigenvalue weighted by Gasteiger charge is -2.32. The first-order valence-corrected chi connectivity index (χ1v) is 7.46. The van der Waals surface area contributed by atoms with E-state index >= 15 is 0 Å². The molecule has 0 aliphatic carbocycles. The van der Waals surface area contributed by atoms with Crippen LogP contribution in [-0.4, -0.2) is 43.9 Å². The van der Waals surface area contributed by atoms with E-state index in [2.05, 4.69) is 4.98 Å². The number of piperidine rings is 1. The van der Waals surface area contributed by atoms with Gasteiger partial charge in [-0.1, -0.05) is 0 Å². The van der Waals surface area contributed by atoms with Crippen LogP contribution in [0, 0.1) is 0 Å². The molecule has 2 aromatic heterocycles. The molecule has 1 atom stereocenters. The smallest absolute Gasteiger partial charge is 0.326 e. The summed E-state index contributed by atoms with van der Waals surface area (Å²) in [7, 11) is 0. The van der Waals surface area contributed by atoms with Crippen LogP contribution in [0.2, 0.25) is 0 Å². The number of carbonyl (C=O) groups is 2. The highest BCUT2D eigenvalue weighted by Crippen LogP contribution is 2.20. The number of hydrogen-bond acceptors (Lipinski definition) is 4. The molecule has 1 aliphatic rings. The van der Waals surface area contributed by atoms with Gasteiger partial charge >= 0.3 is 5.97 Å². The molecule has 0 spiro atoms. The number of hydrogen-bond donors (Lipinski definition) is 1. The zero-order valence-electron chi connectivity index (χ0n) is 10.9. The van der Waals surface area contributed by atoms with Gasteiger partial charge in [0.25, 0.3) is 0 Å². The Balaban J connectivity index is 1.78. The van der Waals surface area contributed by atoms with Gasteiger partial charge in [-0.25, -0.2) is 9.78 Å². The van der Waals surface area contributed by atoms with Gasteiger partial charge in [0.15, 0.2) is 4.96 Å². The molecule has 0 bridgehead atoms. The molecule has 3 rings (SSSR count). The molecule has 0 saturated carbocycles. The molecule has 3 heterocycles. The fraction of sp³-hybridized carbons (Fsp3) is 0.462. The summed E-state index contributed by atoms with van der Waals surface area (Å²) in [5.41, 5.74) is 0.863. The fourth-order valence-corrected chi connectivity index (χ4v) is 3.49. The summed E-state index contributed by atoms with van der Waals surface area (Å²) in [6.45, 7) is 0.535. The van der Waals surface area contributed by atoms with E-state index in [1.165, 1.54) is 16.2 Å². The van der Waals surface area contributed by atoms with E-state index in [4.69, 9.17) is 0 Å². The predicted octanol–water partition coefficient (Wildman–Crippen LogP) is 1.40. The van der Waals surface area contributed by atoms with Crippen LogP contribution >= 0.6 is 11.3 Å². The van der Waals surface area contributed by atoms with E-state index in [1.807, 2.05) is 16.0 Å². The largest absolute Gasteiger partial charge is 0.480 e. The van der Waals surface area contributed by atoms with Crippen molar-refractivity contribution in [3.63, 3.8) is 0 Å². The SMILES string of the molecule is O=C(O)[C@H]1CCCCN1C(=O)Cc1csc2nccn12. The Hall–Kier alpha value is -1.89. The van der Waals surface area contributed by atoms with Crippen LogP contribution < -0.4 is 0 Å². The molecule has 1 saturated heterocycles. The molecule has 2 aromatic rings. The molecule has 0 aromatic carbocycles. The average molecular weight is 293 g/mol. The molecule has 6 nitrogen and oxygen atoms in total. The minimum Gasteiger partial charge on any atom is -0.480 e. The van der Waals surface area contributed by atoms with Gasteiger partial charge in [-0.2, -0.15) is 0 Å². The lowest BCUT2D eigenvalue weighted by Crippen LogP contribution is -2.48. The van der Waals surface area contributed by atoms with E-state index in [0.717, 1.165) is 23.5 Å². The number of aromatic nitrogens is 2. The summed E-state index contributed by atoms with van der Waals surface area (Å²) in [6, 6.07) is -0.673. The zero-order valence-corrected chi connectivity index (χ0v) is 11.7. The van der Waals surface area contributed by atoms with Gasteiger partial charge in [0.05, 0.1) is 6.42 Å². The highest BCUT2D eigenvalue weighted by molar-refractivity contribution is 7.15. The van der Waals surface area contributed by atoms with Crippen LogP contribution in [0.5, 0.6) is 0 Å². The lowest BCUT2D eigenvalue weighted by atomic mass is 10.0. The summed E-state index contributed by atoms with van der Waals surface area (Å²) < 4.78 is 1.88. The molecule has 20 heavy (non-hydrogen) atoms. The number of likely N-dealkylation sites (tertiary alicyclic amines) is 1. The third-order valence-corrected chi connectivity index (χ3v) is 4.56. The second-order valence-corrected chi connectivity index (χ2v) is 5.76. The van der Waals surface area contributed by atoms with Crippen LogP contribution in [-0.2, 0) is 16.0 Å². The molecular weight excluding hydrogens is 278 g/mol. The van der Waals surface area contributed by atoms with E-state index in [1.54, 1.807) is 6.20 Å². The molecule has 1 N–H and O–H groups in total. The van der Waals surface area contributed by atoms with Crippen molar-refractivity contribution >= 4 is 28.2 Å². The van der Waals surface area contributed by atoms with Gasteiger partial charge in [0.2, 0.25) is 5.91 Å². The normalized spacial score (nSPS) is 19.4. The number of carboxylic acid groups (broad SMARTS) is 1. The van der Waals surface area contributed by atoms with Crippen LogP contribution in [0.25, 0.3) is 4.96 Å². The first-order chi connectivity index (χ1) is 9.66. The molecule has 1 aliphatic heterocycles. The summed E-state index contributed by atoms with van der Waals surface area (Å²) in [6.07, 6.45) is 6.02. The Morgan fingerprint density at radius 1 is 1.45 bits per heavy atom. The van der Waals surface area contributed by atoms with E-state index in [9.17, 15) is 14.7 Å². The minimum absolute atomic E-state index is 0.120. The Labute approximate surface area is 119 Å². The van der Waals surface area contributed by atoms with Crippen molar-refractivity contribution in [3.05, 3.63) is 23.5 Å².